The zero-order chi connectivity index (χ0) is 14.4. The highest BCUT2D eigenvalue weighted by molar-refractivity contribution is 7.15. The molecule has 0 aromatic carbocycles. The van der Waals surface area contributed by atoms with Crippen LogP contribution in [0.4, 0.5) is 5.13 Å². The lowest BCUT2D eigenvalue weighted by atomic mass is 9.98. The quantitative estimate of drug-likeness (QED) is 0.646. The van der Waals surface area contributed by atoms with Gasteiger partial charge in [0, 0.05) is 11.4 Å². The summed E-state index contributed by atoms with van der Waals surface area (Å²) in [6.45, 7) is 3.26. The number of rotatable bonds is 6. The number of hydrogen-bond donors (Lipinski definition) is 1. The van der Waals surface area contributed by atoms with Gasteiger partial charge in [-0.05, 0) is 19.8 Å². The van der Waals surface area contributed by atoms with Gasteiger partial charge in [-0.3, -0.25) is 0 Å². The highest BCUT2D eigenvalue weighted by Crippen LogP contribution is 2.23. The van der Waals surface area contributed by atoms with E-state index in [4.69, 9.17) is 4.74 Å². The van der Waals surface area contributed by atoms with E-state index >= 15 is 0 Å². The van der Waals surface area contributed by atoms with Crippen molar-refractivity contribution in [1.82, 2.24) is 4.98 Å². The predicted octanol–water partition coefficient (Wildman–Crippen LogP) is 3.00. The Hall–Kier alpha value is -1.14. The fraction of sp³-hybridized carbons (Fsp3) is 0.714. The summed E-state index contributed by atoms with van der Waals surface area (Å²) in [5.74, 6) is -0.384. The molecule has 0 saturated heterocycles. The first-order chi connectivity index (χ1) is 9.70. The number of carbonyl (C=O) groups is 1. The molecule has 1 heterocycles. The molecular weight excluding hydrogens is 276 g/mol. The monoisotopic (exact) mass is 298 g/mol. The maximum absolute atomic E-state index is 11.5. The summed E-state index contributed by atoms with van der Waals surface area (Å²) in [7, 11) is 1.37. The topological polar surface area (TPSA) is 60.5 Å². The second-order valence-corrected chi connectivity index (χ2v) is 6.18. The Morgan fingerprint density at radius 2 is 2.15 bits per heavy atom. The van der Waals surface area contributed by atoms with Gasteiger partial charge in [-0.1, -0.05) is 19.3 Å². The zero-order valence-electron chi connectivity index (χ0n) is 12.1. The standard InChI is InChI=1S/C14H22N2O3S/c1-10-12(13(17)18-2)16-14(20-10)15-8-9-19-11-6-4-3-5-7-11/h11H,3-9H2,1-2H3,(H,15,16). The fourth-order valence-electron chi connectivity index (χ4n) is 2.37. The Morgan fingerprint density at radius 1 is 1.40 bits per heavy atom. The van der Waals surface area contributed by atoms with E-state index in [9.17, 15) is 4.79 Å². The molecule has 0 spiro atoms. The second kappa shape index (κ2) is 7.59. The van der Waals surface area contributed by atoms with Gasteiger partial charge < -0.3 is 14.8 Å². The van der Waals surface area contributed by atoms with Crippen LogP contribution in [0.1, 0.15) is 47.5 Å². The third-order valence-electron chi connectivity index (χ3n) is 3.46. The van der Waals surface area contributed by atoms with Gasteiger partial charge in [-0.25, -0.2) is 9.78 Å². The number of carbonyl (C=O) groups excluding carboxylic acids is 1. The predicted molar refractivity (Wildman–Crippen MR) is 79.5 cm³/mol. The molecule has 0 radical (unpaired) electrons. The van der Waals surface area contributed by atoms with E-state index in [-0.39, 0.29) is 5.97 Å². The first-order valence-corrected chi connectivity index (χ1v) is 7.93. The van der Waals surface area contributed by atoms with Crippen LogP contribution in [0.3, 0.4) is 0 Å². The van der Waals surface area contributed by atoms with Crippen LogP contribution >= 0.6 is 11.3 Å². The van der Waals surface area contributed by atoms with E-state index in [0.717, 1.165) is 10.0 Å². The molecular formula is C14H22N2O3S. The Balaban J connectivity index is 1.72. The van der Waals surface area contributed by atoms with Crippen molar-refractivity contribution < 1.29 is 14.3 Å². The number of ether oxygens (including phenoxy) is 2. The largest absolute Gasteiger partial charge is 0.464 e. The molecule has 0 amide bonds. The Morgan fingerprint density at radius 3 is 2.85 bits per heavy atom. The number of hydrogen-bond acceptors (Lipinski definition) is 6. The molecule has 5 nitrogen and oxygen atoms in total. The third kappa shape index (κ3) is 4.18. The Bertz CT molecular complexity index is 442. The van der Waals surface area contributed by atoms with E-state index in [1.54, 1.807) is 0 Å². The Kier molecular flexibility index (Phi) is 5.79. The van der Waals surface area contributed by atoms with Crippen LogP contribution < -0.4 is 5.32 Å². The summed E-state index contributed by atoms with van der Waals surface area (Å²) in [6.07, 6.45) is 6.70. The smallest absolute Gasteiger partial charge is 0.357 e. The second-order valence-electron chi connectivity index (χ2n) is 4.97. The summed E-state index contributed by atoms with van der Waals surface area (Å²) in [5.41, 5.74) is 0.396. The summed E-state index contributed by atoms with van der Waals surface area (Å²) in [4.78, 5) is 16.6. The van der Waals surface area contributed by atoms with Crippen LogP contribution in [0, 0.1) is 6.92 Å². The van der Waals surface area contributed by atoms with E-state index in [0.29, 0.717) is 24.9 Å². The molecule has 0 aliphatic heterocycles. The minimum Gasteiger partial charge on any atom is -0.464 e. The molecule has 0 bridgehead atoms. The average Bonchev–Trinajstić information content (AvgIpc) is 2.85. The van der Waals surface area contributed by atoms with Crippen LogP contribution in [0.15, 0.2) is 0 Å². The number of nitrogens with one attached hydrogen (secondary N) is 1. The summed E-state index contributed by atoms with van der Waals surface area (Å²) >= 11 is 1.47. The lowest BCUT2D eigenvalue weighted by molar-refractivity contribution is 0.0347. The van der Waals surface area contributed by atoms with Crippen LogP contribution in [-0.4, -0.2) is 37.3 Å². The van der Waals surface area contributed by atoms with Gasteiger partial charge in [0.1, 0.15) is 0 Å². The van der Waals surface area contributed by atoms with Crippen molar-refractivity contribution in [2.45, 2.75) is 45.1 Å². The van der Waals surface area contributed by atoms with Crippen LogP contribution in [0.2, 0.25) is 0 Å². The van der Waals surface area contributed by atoms with Gasteiger partial charge in [0.25, 0.3) is 0 Å². The van der Waals surface area contributed by atoms with Gasteiger partial charge in [-0.15, -0.1) is 11.3 Å². The number of thiazole rings is 1. The minimum atomic E-state index is -0.384. The molecule has 112 valence electrons. The molecule has 0 atom stereocenters. The first-order valence-electron chi connectivity index (χ1n) is 7.12. The number of esters is 1. The summed E-state index contributed by atoms with van der Waals surface area (Å²) in [5, 5.41) is 3.94. The first kappa shape index (κ1) is 15.3. The van der Waals surface area contributed by atoms with Crippen molar-refractivity contribution in [2.75, 3.05) is 25.6 Å². The molecule has 20 heavy (non-hydrogen) atoms. The molecule has 1 N–H and O–H groups in total. The molecule has 1 aromatic rings. The molecule has 1 aliphatic rings. The van der Waals surface area contributed by atoms with Gasteiger partial charge in [0.05, 0.1) is 19.8 Å². The molecule has 1 aliphatic carbocycles. The number of aromatic nitrogens is 1. The molecule has 1 saturated carbocycles. The minimum absolute atomic E-state index is 0.384. The molecule has 2 rings (SSSR count). The number of methoxy groups -OCH3 is 1. The van der Waals surface area contributed by atoms with Crippen LogP contribution in [0.25, 0.3) is 0 Å². The fourth-order valence-corrected chi connectivity index (χ4v) is 3.20. The number of anilines is 1. The van der Waals surface area contributed by atoms with E-state index in [1.807, 2.05) is 6.92 Å². The van der Waals surface area contributed by atoms with E-state index in [1.165, 1.54) is 50.6 Å². The third-order valence-corrected chi connectivity index (χ3v) is 4.39. The molecule has 6 heteroatoms. The lowest BCUT2D eigenvalue weighted by Crippen LogP contribution is -2.20. The Labute approximate surface area is 123 Å². The molecule has 0 unspecified atom stereocenters. The van der Waals surface area contributed by atoms with Crippen molar-refractivity contribution in [3.8, 4) is 0 Å². The van der Waals surface area contributed by atoms with Gasteiger partial charge in [0.2, 0.25) is 0 Å². The highest BCUT2D eigenvalue weighted by Gasteiger charge is 2.16. The van der Waals surface area contributed by atoms with Gasteiger partial charge >= 0.3 is 5.97 Å². The normalized spacial score (nSPS) is 16.1. The highest BCUT2D eigenvalue weighted by atomic mass is 32.1. The van der Waals surface area contributed by atoms with E-state index in [2.05, 4.69) is 15.0 Å². The van der Waals surface area contributed by atoms with Gasteiger partial charge in [0.15, 0.2) is 10.8 Å². The maximum atomic E-state index is 11.5. The zero-order valence-corrected chi connectivity index (χ0v) is 12.9. The molecule has 1 aromatic heterocycles. The van der Waals surface area contributed by atoms with Crippen molar-refractivity contribution in [1.29, 1.82) is 0 Å². The van der Waals surface area contributed by atoms with Crippen molar-refractivity contribution in [3.63, 3.8) is 0 Å². The van der Waals surface area contributed by atoms with E-state index < -0.39 is 0 Å². The number of nitrogens with zero attached hydrogens (tertiary/aromatic N) is 1. The summed E-state index contributed by atoms with van der Waals surface area (Å²) in [6, 6.07) is 0. The van der Waals surface area contributed by atoms with Crippen molar-refractivity contribution in [3.05, 3.63) is 10.6 Å². The average molecular weight is 298 g/mol. The number of aryl methyl sites for hydroxylation is 1. The van der Waals surface area contributed by atoms with Crippen molar-refractivity contribution >= 4 is 22.4 Å². The SMILES string of the molecule is COC(=O)c1nc(NCCOC2CCCCC2)sc1C. The summed E-state index contributed by atoms with van der Waals surface area (Å²) < 4.78 is 10.5. The molecule has 1 fully saturated rings. The van der Waals surface area contributed by atoms with Gasteiger partial charge in [-0.2, -0.15) is 0 Å². The lowest BCUT2D eigenvalue weighted by Gasteiger charge is -2.21. The van der Waals surface area contributed by atoms with Crippen LogP contribution in [-0.2, 0) is 9.47 Å². The van der Waals surface area contributed by atoms with Crippen molar-refractivity contribution in [2.24, 2.45) is 0 Å². The maximum Gasteiger partial charge on any atom is 0.357 e. The van der Waals surface area contributed by atoms with Crippen LogP contribution in [0.5, 0.6) is 0 Å².